The van der Waals surface area contributed by atoms with Crippen molar-refractivity contribution in [2.45, 2.75) is 13.5 Å². The second-order valence-corrected chi connectivity index (χ2v) is 5.53. The molecule has 1 heterocycles. The van der Waals surface area contributed by atoms with Gasteiger partial charge in [-0.25, -0.2) is 0 Å². The number of nitrogens with one attached hydrogen (secondary N) is 2. The van der Waals surface area contributed by atoms with Crippen molar-refractivity contribution < 1.29 is 9.53 Å². The second-order valence-electron chi connectivity index (χ2n) is 5.53. The predicted octanol–water partition coefficient (Wildman–Crippen LogP) is 3.32. The zero-order valence-electron chi connectivity index (χ0n) is 13.7. The third kappa shape index (κ3) is 3.46. The van der Waals surface area contributed by atoms with Crippen molar-refractivity contribution in [3.63, 3.8) is 0 Å². The summed E-state index contributed by atoms with van der Waals surface area (Å²) >= 11 is 0. The van der Waals surface area contributed by atoms with Crippen LogP contribution in [0, 0.1) is 6.92 Å². The van der Waals surface area contributed by atoms with E-state index in [0.717, 1.165) is 22.6 Å². The SMILES string of the molecule is COc1ccccc1CNC(=O)c1cc(-c2ccc(C)cc2)n[nH]1. The van der Waals surface area contributed by atoms with Crippen molar-refractivity contribution in [2.24, 2.45) is 0 Å². The normalized spacial score (nSPS) is 10.4. The lowest BCUT2D eigenvalue weighted by Gasteiger charge is -2.08. The number of para-hydroxylation sites is 1. The number of ether oxygens (including phenoxy) is 1. The van der Waals surface area contributed by atoms with E-state index < -0.39 is 0 Å². The Balaban J connectivity index is 1.69. The topological polar surface area (TPSA) is 67.0 Å². The minimum absolute atomic E-state index is 0.202. The summed E-state index contributed by atoms with van der Waals surface area (Å²) < 4.78 is 5.28. The van der Waals surface area contributed by atoms with Gasteiger partial charge in [-0.1, -0.05) is 48.0 Å². The Morgan fingerprint density at radius 1 is 1.17 bits per heavy atom. The molecule has 2 N–H and O–H groups in total. The van der Waals surface area contributed by atoms with Gasteiger partial charge < -0.3 is 10.1 Å². The third-order valence-electron chi connectivity index (χ3n) is 3.80. The zero-order chi connectivity index (χ0) is 16.9. The molecular weight excluding hydrogens is 302 g/mol. The van der Waals surface area contributed by atoms with E-state index in [4.69, 9.17) is 4.74 Å². The Morgan fingerprint density at radius 3 is 2.67 bits per heavy atom. The average Bonchev–Trinajstić information content (AvgIpc) is 3.10. The number of H-pyrrole nitrogens is 1. The highest BCUT2D eigenvalue weighted by atomic mass is 16.5. The molecule has 24 heavy (non-hydrogen) atoms. The van der Waals surface area contributed by atoms with E-state index >= 15 is 0 Å². The number of methoxy groups -OCH3 is 1. The number of nitrogens with zero attached hydrogens (tertiary/aromatic N) is 1. The Hall–Kier alpha value is -3.08. The number of rotatable bonds is 5. The van der Waals surface area contributed by atoms with Crippen LogP contribution in [0.15, 0.2) is 54.6 Å². The van der Waals surface area contributed by atoms with E-state index in [1.807, 2.05) is 55.5 Å². The van der Waals surface area contributed by atoms with Gasteiger partial charge >= 0.3 is 0 Å². The van der Waals surface area contributed by atoms with Crippen LogP contribution in [0.25, 0.3) is 11.3 Å². The van der Waals surface area contributed by atoms with Gasteiger partial charge in [0.2, 0.25) is 0 Å². The molecule has 3 aromatic rings. The molecule has 0 bridgehead atoms. The molecular formula is C19H19N3O2. The number of aromatic amines is 1. The molecule has 2 aromatic carbocycles. The lowest BCUT2D eigenvalue weighted by atomic mass is 10.1. The molecule has 0 spiro atoms. The molecule has 5 nitrogen and oxygen atoms in total. The first-order valence-electron chi connectivity index (χ1n) is 7.70. The largest absolute Gasteiger partial charge is 0.496 e. The first-order valence-corrected chi connectivity index (χ1v) is 7.70. The standard InChI is InChI=1S/C19H19N3O2/c1-13-7-9-14(10-8-13)16-11-17(22-21-16)19(23)20-12-15-5-3-4-6-18(15)24-2/h3-11H,12H2,1-2H3,(H,20,23)(H,21,22). The summed E-state index contributed by atoms with van der Waals surface area (Å²) in [7, 11) is 1.61. The van der Waals surface area contributed by atoms with Crippen LogP contribution in [-0.4, -0.2) is 23.2 Å². The number of hydrogen-bond acceptors (Lipinski definition) is 3. The number of benzene rings is 2. The highest BCUT2D eigenvalue weighted by Gasteiger charge is 2.11. The van der Waals surface area contributed by atoms with Gasteiger partial charge in [-0.2, -0.15) is 5.10 Å². The fourth-order valence-corrected chi connectivity index (χ4v) is 2.43. The van der Waals surface area contributed by atoms with Crippen LogP contribution >= 0.6 is 0 Å². The van der Waals surface area contributed by atoms with E-state index in [-0.39, 0.29) is 5.91 Å². The fourth-order valence-electron chi connectivity index (χ4n) is 2.43. The molecule has 5 heteroatoms. The van der Waals surface area contributed by atoms with Crippen LogP contribution in [0.3, 0.4) is 0 Å². The average molecular weight is 321 g/mol. The van der Waals surface area contributed by atoms with E-state index in [2.05, 4.69) is 15.5 Å². The quantitative estimate of drug-likeness (QED) is 0.757. The summed E-state index contributed by atoms with van der Waals surface area (Å²) in [5.41, 5.74) is 4.26. The van der Waals surface area contributed by atoms with Gasteiger partial charge in [-0.05, 0) is 19.1 Å². The summed E-state index contributed by atoms with van der Waals surface area (Å²) in [6.45, 7) is 2.42. The zero-order valence-corrected chi connectivity index (χ0v) is 13.7. The van der Waals surface area contributed by atoms with Crippen LogP contribution < -0.4 is 10.1 Å². The number of aromatic nitrogens is 2. The van der Waals surface area contributed by atoms with Crippen molar-refractivity contribution >= 4 is 5.91 Å². The molecule has 0 unspecified atom stereocenters. The Morgan fingerprint density at radius 2 is 1.92 bits per heavy atom. The molecule has 0 aliphatic heterocycles. The smallest absolute Gasteiger partial charge is 0.269 e. The third-order valence-corrected chi connectivity index (χ3v) is 3.80. The van der Waals surface area contributed by atoms with E-state index in [1.165, 1.54) is 5.56 Å². The fraction of sp³-hybridized carbons (Fsp3) is 0.158. The summed E-state index contributed by atoms with van der Waals surface area (Å²) in [6.07, 6.45) is 0. The first-order chi connectivity index (χ1) is 11.7. The van der Waals surface area contributed by atoms with Gasteiger partial charge in [-0.3, -0.25) is 9.89 Å². The van der Waals surface area contributed by atoms with Crippen LogP contribution in [0.1, 0.15) is 21.6 Å². The molecule has 0 saturated heterocycles. The summed E-state index contributed by atoms with van der Waals surface area (Å²) in [4.78, 5) is 12.3. The van der Waals surface area contributed by atoms with E-state index in [9.17, 15) is 4.79 Å². The van der Waals surface area contributed by atoms with Crippen molar-refractivity contribution in [1.29, 1.82) is 0 Å². The minimum atomic E-state index is -0.202. The number of carbonyl (C=O) groups is 1. The molecule has 3 rings (SSSR count). The summed E-state index contributed by atoms with van der Waals surface area (Å²) in [5, 5.41) is 9.88. The maximum Gasteiger partial charge on any atom is 0.269 e. The van der Waals surface area contributed by atoms with Crippen LogP contribution in [0.4, 0.5) is 0 Å². The van der Waals surface area contributed by atoms with Crippen molar-refractivity contribution in [3.8, 4) is 17.0 Å². The van der Waals surface area contributed by atoms with Gasteiger partial charge in [0.1, 0.15) is 11.4 Å². The van der Waals surface area contributed by atoms with Crippen LogP contribution in [0.5, 0.6) is 5.75 Å². The molecule has 122 valence electrons. The molecule has 0 atom stereocenters. The van der Waals surface area contributed by atoms with Gasteiger partial charge in [-0.15, -0.1) is 0 Å². The second kappa shape index (κ2) is 7.00. The van der Waals surface area contributed by atoms with Crippen LogP contribution in [0.2, 0.25) is 0 Å². The number of aryl methyl sites for hydroxylation is 1. The highest BCUT2D eigenvalue weighted by molar-refractivity contribution is 5.93. The number of hydrogen-bond donors (Lipinski definition) is 2. The van der Waals surface area contributed by atoms with E-state index in [1.54, 1.807) is 13.2 Å². The Bertz CT molecular complexity index is 838. The van der Waals surface area contributed by atoms with Gasteiger partial charge in [0.25, 0.3) is 5.91 Å². The molecule has 0 aliphatic carbocycles. The predicted molar refractivity (Wildman–Crippen MR) is 92.9 cm³/mol. The number of carbonyl (C=O) groups excluding carboxylic acids is 1. The monoisotopic (exact) mass is 321 g/mol. The Kier molecular flexibility index (Phi) is 4.61. The van der Waals surface area contributed by atoms with E-state index in [0.29, 0.717) is 12.2 Å². The first kappa shape index (κ1) is 15.8. The minimum Gasteiger partial charge on any atom is -0.496 e. The van der Waals surface area contributed by atoms with Crippen LogP contribution in [-0.2, 0) is 6.54 Å². The van der Waals surface area contributed by atoms with Crippen molar-refractivity contribution in [2.75, 3.05) is 7.11 Å². The number of amides is 1. The lowest BCUT2D eigenvalue weighted by molar-refractivity contribution is 0.0945. The Labute approximate surface area is 140 Å². The van der Waals surface area contributed by atoms with Gasteiger partial charge in [0.15, 0.2) is 0 Å². The molecule has 0 saturated carbocycles. The molecule has 1 amide bonds. The lowest BCUT2D eigenvalue weighted by Crippen LogP contribution is -2.23. The maximum atomic E-state index is 12.3. The highest BCUT2D eigenvalue weighted by Crippen LogP contribution is 2.19. The molecule has 0 radical (unpaired) electrons. The maximum absolute atomic E-state index is 12.3. The molecule has 1 aromatic heterocycles. The van der Waals surface area contributed by atoms with Crippen molar-refractivity contribution in [1.82, 2.24) is 15.5 Å². The molecule has 0 aliphatic rings. The van der Waals surface area contributed by atoms with Gasteiger partial charge in [0, 0.05) is 17.7 Å². The molecule has 0 fully saturated rings. The van der Waals surface area contributed by atoms with Gasteiger partial charge in [0.05, 0.1) is 12.8 Å². The summed E-state index contributed by atoms with van der Waals surface area (Å²) in [6, 6.07) is 17.4. The summed E-state index contributed by atoms with van der Waals surface area (Å²) in [5.74, 6) is 0.550. The van der Waals surface area contributed by atoms with Crippen molar-refractivity contribution in [3.05, 3.63) is 71.4 Å².